The Hall–Kier alpha value is -1.59. The Balaban J connectivity index is 2.92. The second-order valence-electron chi connectivity index (χ2n) is 3.78. The monoisotopic (exact) mass is 269 g/mol. The number of hydrogen-bond donors (Lipinski definition) is 3. The number of anilines is 1. The molecule has 0 radical (unpaired) electrons. The first-order chi connectivity index (χ1) is 8.49. The van der Waals surface area contributed by atoms with E-state index in [1.807, 2.05) is 6.92 Å². The highest BCUT2D eigenvalue weighted by atomic mass is 35.5. The van der Waals surface area contributed by atoms with Crippen LogP contribution >= 0.6 is 11.6 Å². The number of nitrogens with two attached hydrogens (primary N) is 1. The molecule has 0 fully saturated rings. The highest BCUT2D eigenvalue weighted by Crippen LogP contribution is 2.20. The van der Waals surface area contributed by atoms with Gasteiger partial charge in [0.1, 0.15) is 0 Å². The summed E-state index contributed by atoms with van der Waals surface area (Å²) in [5.41, 5.74) is 6.40. The lowest BCUT2D eigenvalue weighted by molar-refractivity contribution is -0.117. The molecular formula is C12H16ClN3O2. The average molecular weight is 270 g/mol. The zero-order valence-corrected chi connectivity index (χ0v) is 11.0. The van der Waals surface area contributed by atoms with Gasteiger partial charge in [0.25, 0.3) is 5.91 Å². The second-order valence-corrected chi connectivity index (χ2v) is 4.18. The van der Waals surface area contributed by atoms with Crippen molar-refractivity contribution < 1.29 is 9.59 Å². The Kier molecular flexibility index (Phi) is 5.12. The minimum Gasteiger partial charge on any atom is -0.355 e. The Morgan fingerprint density at radius 1 is 1.44 bits per heavy atom. The van der Waals surface area contributed by atoms with Crippen molar-refractivity contribution in [1.82, 2.24) is 5.32 Å². The highest BCUT2D eigenvalue weighted by molar-refractivity contribution is 6.34. The fourth-order valence-corrected chi connectivity index (χ4v) is 1.54. The van der Waals surface area contributed by atoms with Crippen LogP contribution in [0.25, 0.3) is 0 Å². The average Bonchev–Trinajstić information content (AvgIpc) is 2.38. The summed E-state index contributed by atoms with van der Waals surface area (Å²) in [7, 11) is 1.51. The molecule has 2 amide bonds. The van der Waals surface area contributed by atoms with E-state index in [4.69, 9.17) is 17.3 Å². The molecule has 0 heterocycles. The number of nitrogens with one attached hydrogen (secondary N) is 2. The van der Waals surface area contributed by atoms with Crippen LogP contribution in [-0.2, 0) is 4.79 Å². The first-order valence-electron chi connectivity index (χ1n) is 5.57. The molecule has 1 aromatic carbocycles. The van der Waals surface area contributed by atoms with Crippen LogP contribution in [-0.4, -0.2) is 24.9 Å². The molecular weight excluding hydrogens is 254 g/mol. The maximum absolute atomic E-state index is 11.6. The Morgan fingerprint density at radius 2 is 2.11 bits per heavy atom. The van der Waals surface area contributed by atoms with Gasteiger partial charge < -0.3 is 16.4 Å². The van der Waals surface area contributed by atoms with E-state index in [9.17, 15) is 9.59 Å². The second kappa shape index (κ2) is 6.37. The molecule has 0 bridgehead atoms. The van der Waals surface area contributed by atoms with Crippen molar-refractivity contribution in [3.05, 3.63) is 28.8 Å². The molecule has 5 nitrogen and oxygen atoms in total. The molecule has 98 valence electrons. The summed E-state index contributed by atoms with van der Waals surface area (Å²) in [6.45, 7) is 1.82. The molecule has 6 heteroatoms. The fraction of sp³-hybridized carbons (Fsp3) is 0.333. The van der Waals surface area contributed by atoms with Crippen molar-refractivity contribution >= 4 is 29.1 Å². The minimum atomic E-state index is -0.566. The summed E-state index contributed by atoms with van der Waals surface area (Å²) in [5.74, 6) is -0.599. The van der Waals surface area contributed by atoms with Gasteiger partial charge in [0.05, 0.1) is 16.6 Å². The normalized spacial score (nSPS) is 11.8. The molecule has 0 aliphatic carbocycles. The van der Waals surface area contributed by atoms with Gasteiger partial charge in [-0.3, -0.25) is 9.59 Å². The van der Waals surface area contributed by atoms with Gasteiger partial charge in [-0.2, -0.15) is 0 Å². The van der Waals surface area contributed by atoms with E-state index in [1.165, 1.54) is 13.1 Å². The maximum Gasteiger partial charge on any atom is 0.252 e. The van der Waals surface area contributed by atoms with Crippen molar-refractivity contribution in [3.8, 4) is 0 Å². The molecule has 0 aliphatic rings. The van der Waals surface area contributed by atoms with Crippen LogP contribution in [0.4, 0.5) is 5.69 Å². The quantitative estimate of drug-likeness (QED) is 0.772. The molecule has 0 saturated heterocycles. The van der Waals surface area contributed by atoms with E-state index in [0.29, 0.717) is 22.7 Å². The van der Waals surface area contributed by atoms with Crippen LogP contribution in [0.1, 0.15) is 23.7 Å². The van der Waals surface area contributed by atoms with Crippen LogP contribution < -0.4 is 16.4 Å². The largest absolute Gasteiger partial charge is 0.355 e. The highest BCUT2D eigenvalue weighted by Gasteiger charge is 2.13. The Morgan fingerprint density at radius 3 is 2.67 bits per heavy atom. The standard InChI is InChI=1S/C12H16ClN3O2/c1-3-10(14)12(18)16-7-4-5-9(13)8(6-7)11(17)15-2/h4-6,10H,3,14H2,1-2H3,(H,15,17)(H,16,18)/t10-/m0/s1. The third-order valence-corrected chi connectivity index (χ3v) is 2.81. The maximum atomic E-state index is 11.6. The van der Waals surface area contributed by atoms with Crippen LogP contribution in [0.15, 0.2) is 18.2 Å². The number of amides is 2. The molecule has 0 spiro atoms. The molecule has 0 saturated carbocycles. The predicted molar refractivity (Wildman–Crippen MR) is 71.7 cm³/mol. The lowest BCUT2D eigenvalue weighted by Crippen LogP contribution is -2.34. The van der Waals surface area contributed by atoms with Gasteiger partial charge in [-0.1, -0.05) is 18.5 Å². The summed E-state index contributed by atoms with van der Waals surface area (Å²) in [6.07, 6.45) is 0.543. The SMILES string of the molecule is CC[C@H](N)C(=O)Nc1ccc(Cl)c(C(=O)NC)c1. The number of carbonyl (C=O) groups excluding carboxylic acids is 2. The number of carbonyl (C=O) groups is 2. The van der Waals surface area contributed by atoms with E-state index in [0.717, 1.165) is 0 Å². The third-order valence-electron chi connectivity index (χ3n) is 2.48. The van der Waals surface area contributed by atoms with Crippen molar-refractivity contribution in [2.24, 2.45) is 5.73 Å². The number of rotatable bonds is 4. The molecule has 1 aromatic rings. The fourth-order valence-electron chi connectivity index (χ4n) is 1.33. The van der Waals surface area contributed by atoms with Gasteiger partial charge in [0.15, 0.2) is 0 Å². The van der Waals surface area contributed by atoms with Gasteiger partial charge in [-0.25, -0.2) is 0 Å². The molecule has 1 atom stereocenters. The molecule has 4 N–H and O–H groups in total. The summed E-state index contributed by atoms with van der Waals surface area (Å²) >= 11 is 5.90. The van der Waals surface area contributed by atoms with Crippen molar-refractivity contribution in [1.29, 1.82) is 0 Å². The van der Waals surface area contributed by atoms with E-state index in [-0.39, 0.29) is 11.8 Å². The van der Waals surface area contributed by atoms with Gasteiger partial charge in [0, 0.05) is 12.7 Å². The van der Waals surface area contributed by atoms with Crippen LogP contribution in [0.3, 0.4) is 0 Å². The zero-order valence-electron chi connectivity index (χ0n) is 10.3. The van der Waals surface area contributed by atoms with Crippen molar-refractivity contribution in [2.45, 2.75) is 19.4 Å². The third kappa shape index (κ3) is 3.45. The minimum absolute atomic E-state index is 0.289. The first kappa shape index (κ1) is 14.5. The van der Waals surface area contributed by atoms with Gasteiger partial charge in [-0.05, 0) is 24.6 Å². The van der Waals surface area contributed by atoms with Crippen LogP contribution in [0.2, 0.25) is 5.02 Å². The summed E-state index contributed by atoms with van der Waals surface area (Å²) < 4.78 is 0. The van der Waals surface area contributed by atoms with Gasteiger partial charge in [0.2, 0.25) is 5.91 Å². The molecule has 1 rings (SSSR count). The number of hydrogen-bond acceptors (Lipinski definition) is 3. The van der Waals surface area contributed by atoms with E-state index >= 15 is 0 Å². The molecule has 18 heavy (non-hydrogen) atoms. The summed E-state index contributed by atoms with van der Waals surface area (Å²) in [5, 5.41) is 5.44. The van der Waals surface area contributed by atoms with Crippen LogP contribution in [0, 0.1) is 0 Å². The van der Waals surface area contributed by atoms with Crippen molar-refractivity contribution in [2.75, 3.05) is 12.4 Å². The molecule has 0 aliphatic heterocycles. The summed E-state index contributed by atoms with van der Waals surface area (Å²) in [6, 6.07) is 4.12. The first-order valence-corrected chi connectivity index (χ1v) is 5.95. The van der Waals surface area contributed by atoms with E-state index in [2.05, 4.69) is 10.6 Å². The van der Waals surface area contributed by atoms with Gasteiger partial charge in [-0.15, -0.1) is 0 Å². The molecule has 0 unspecified atom stereocenters. The number of benzene rings is 1. The van der Waals surface area contributed by atoms with E-state index < -0.39 is 6.04 Å². The van der Waals surface area contributed by atoms with E-state index in [1.54, 1.807) is 12.1 Å². The molecule has 0 aromatic heterocycles. The zero-order chi connectivity index (χ0) is 13.7. The topological polar surface area (TPSA) is 84.2 Å². The Bertz CT molecular complexity index is 463. The lowest BCUT2D eigenvalue weighted by atomic mass is 10.1. The lowest BCUT2D eigenvalue weighted by Gasteiger charge is -2.11. The number of halogens is 1. The summed E-state index contributed by atoms with van der Waals surface area (Å²) in [4.78, 5) is 23.1. The van der Waals surface area contributed by atoms with Crippen LogP contribution in [0.5, 0.6) is 0 Å². The Labute approximate surface area is 111 Å². The smallest absolute Gasteiger partial charge is 0.252 e. The predicted octanol–water partition coefficient (Wildman–Crippen LogP) is 1.38. The van der Waals surface area contributed by atoms with Crippen molar-refractivity contribution in [3.63, 3.8) is 0 Å². The van der Waals surface area contributed by atoms with Gasteiger partial charge >= 0.3 is 0 Å².